The third kappa shape index (κ3) is 3.68. The summed E-state index contributed by atoms with van der Waals surface area (Å²) in [6.07, 6.45) is 0. The maximum atomic E-state index is 12.3. The number of hydrogen-bond acceptors (Lipinski definition) is 2. The van der Waals surface area contributed by atoms with Crippen LogP contribution in [0.15, 0.2) is 59.6 Å². The van der Waals surface area contributed by atoms with Crippen LogP contribution in [0.25, 0.3) is 11.0 Å². The number of nitrogens with one attached hydrogen (secondary N) is 1. The number of hydrogen-bond donors (Lipinski definition) is 1. The van der Waals surface area contributed by atoms with Crippen LogP contribution in [-0.4, -0.2) is 15.5 Å². The monoisotopic (exact) mass is 403 g/mol. The van der Waals surface area contributed by atoms with Gasteiger partial charge in [-0.3, -0.25) is 4.79 Å². The fourth-order valence-corrected chi connectivity index (χ4v) is 2.85. The average Bonchev–Trinajstić information content (AvgIpc) is 2.90. The Hall–Kier alpha value is -2.11. The Morgan fingerprint density at radius 3 is 2.62 bits per heavy atom. The molecular weight excluding hydrogens is 390 g/mol. The Labute approximate surface area is 153 Å². The van der Waals surface area contributed by atoms with Gasteiger partial charge in [-0.1, -0.05) is 46.2 Å². The normalized spacial score (nSPS) is 10.8. The molecule has 3 aromatic rings. The number of para-hydroxylation sites is 2. The lowest BCUT2D eigenvalue weighted by Crippen LogP contribution is -2.24. The predicted octanol–water partition coefficient (Wildman–Crippen LogP) is 4.53. The standard InChI is InChI=1S/C18H15BrClN3O/c1-12(19)11-23-16-5-3-2-4-15(16)22-17(23)10-21-18(24)13-6-8-14(20)9-7-13/h2-9H,1,10-11H2,(H,21,24). The summed E-state index contributed by atoms with van der Waals surface area (Å²) in [5, 5.41) is 3.50. The molecule has 0 saturated carbocycles. The molecule has 1 aromatic heterocycles. The number of aromatic nitrogens is 2. The van der Waals surface area contributed by atoms with Gasteiger partial charge in [-0.2, -0.15) is 0 Å². The molecule has 3 rings (SSSR count). The molecule has 0 atom stereocenters. The Bertz CT molecular complexity index is 902. The highest BCUT2D eigenvalue weighted by Crippen LogP contribution is 2.19. The zero-order valence-electron chi connectivity index (χ0n) is 12.8. The molecule has 0 aliphatic rings. The fraction of sp³-hybridized carbons (Fsp3) is 0.111. The van der Waals surface area contributed by atoms with Crippen molar-refractivity contribution in [3.05, 3.63) is 76.0 Å². The van der Waals surface area contributed by atoms with Gasteiger partial charge in [0.05, 0.1) is 24.1 Å². The van der Waals surface area contributed by atoms with Crippen molar-refractivity contribution in [2.75, 3.05) is 0 Å². The van der Waals surface area contributed by atoms with Gasteiger partial charge >= 0.3 is 0 Å². The minimum absolute atomic E-state index is 0.164. The quantitative estimate of drug-likeness (QED) is 0.679. The van der Waals surface area contributed by atoms with E-state index in [0.29, 0.717) is 23.7 Å². The fourth-order valence-electron chi connectivity index (χ4n) is 2.47. The predicted molar refractivity (Wildman–Crippen MR) is 100 cm³/mol. The van der Waals surface area contributed by atoms with Crippen molar-refractivity contribution in [3.63, 3.8) is 0 Å². The second-order valence-corrected chi connectivity index (χ2v) is 6.87. The third-order valence-corrected chi connectivity index (χ3v) is 4.08. The summed E-state index contributed by atoms with van der Waals surface area (Å²) in [7, 11) is 0. The first-order valence-corrected chi connectivity index (χ1v) is 8.53. The molecule has 0 fully saturated rings. The maximum Gasteiger partial charge on any atom is 0.251 e. The molecule has 0 unspecified atom stereocenters. The molecule has 0 aliphatic heterocycles. The van der Waals surface area contributed by atoms with Crippen LogP contribution in [0.3, 0.4) is 0 Å². The van der Waals surface area contributed by atoms with Gasteiger partial charge in [0.2, 0.25) is 0 Å². The molecule has 6 heteroatoms. The zero-order valence-corrected chi connectivity index (χ0v) is 15.1. The SMILES string of the molecule is C=C(Br)Cn1c(CNC(=O)c2ccc(Cl)cc2)nc2ccccc21. The smallest absolute Gasteiger partial charge is 0.251 e. The van der Waals surface area contributed by atoms with Crippen molar-refractivity contribution in [2.45, 2.75) is 13.1 Å². The minimum atomic E-state index is -0.164. The van der Waals surface area contributed by atoms with Crippen LogP contribution in [0.4, 0.5) is 0 Å². The van der Waals surface area contributed by atoms with Gasteiger partial charge in [0, 0.05) is 15.1 Å². The van der Waals surface area contributed by atoms with E-state index in [2.05, 4.69) is 32.8 Å². The molecule has 1 amide bonds. The molecular formula is C18H15BrClN3O. The van der Waals surface area contributed by atoms with Crippen molar-refractivity contribution in [1.29, 1.82) is 0 Å². The summed E-state index contributed by atoms with van der Waals surface area (Å²) in [4.78, 5) is 16.9. The summed E-state index contributed by atoms with van der Waals surface area (Å²) in [5.74, 6) is 0.613. The number of benzene rings is 2. The molecule has 24 heavy (non-hydrogen) atoms. The molecule has 0 bridgehead atoms. The number of nitrogens with zero attached hydrogens (tertiary/aromatic N) is 2. The number of allylic oxidation sites excluding steroid dienone is 1. The van der Waals surface area contributed by atoms with E-state index in [9.17, 15) is 4.79 Å². The average molecular weight is 405 g/mol. The molecule has 4 nitrogen and oxygen atoms in total. The molecule has 122 valence electrons. The Kier molecular flexibility index (Phi) is 5.02. The number of rotatable bonds is 5. The largest absolute Gasteiger partial charge is 0.345 e. The number of fused-ring (bicyclic) bond motifs is 1. The molecule has 0 spiro atoms. The van der Waals surface area contributed by atoms with Crippen molar-refractivity contribution >= 4 is 44.5 Å². The van der Waals surface area contributed by atoms with Gasteiger partial charge < -0.3 is 9.88 Å². The number of amides is 1. The van der Waals surface area contributed by atoms with E-state index >= 15 is 0 Å². The first-order chi connectivity index (χ1) is 11.5. The van der Waals surface area contributed by atoms with E-state index in [1.807, 2.05) is 28.8 Å². The summed E-state index contributed by atoms with van der Waals surface area (Å²) < 4.78 is 2.88. The van der Waals surface area contributed by atoms with Gasteiger partial charge in [-0.05, 0) is 36.4 Å². The second-order valence-electron chi connectivity index (χ2n) is 5.31. The number of carbonyl (C=O) groups excluding carboxylic acids is 1. The van der Waals surface area contributed by atoms with Gasteiger partial charge in [0.25, 0.3) is 5.91 Å². The maximum absolute atomic E-state index is 12.3. The summed E-state index contributed by atoms with van der Waals surface area (Å²) in [5.41, 5.74) is 2.46. The highest BCUT2D eigenvalue weighted by Gasteiger charge is 2.12. The van der Waals surface area contributed by atoms with Crippen LogP contribution in [0.5, 0.6) is 0 Å². The summed E-state index contributed by atoms with van der Waals surface area (Å²) >= 11 is 9.24. The summed E-state index contributed by atoms with van der Waals surface area (Å²) in [6.45, 7) is 4.82. The highest BCUT2D eigenvalue weighted by molar-refractivity contribution is 9.11. The second kappa shape index (κ2) is 7.20. The van der Waals surface area contributed by atoms with Crippen molar-refractivity contribution in [1.82, 2.24) is 14.9 Å². The van der Waals surface area contributed by atoms with Gasteiger partial charge in [-0.25, -0.2) is 4.98 Å². The van der Waals surface area contributed by atoms with Gasteiger partial charge in [0.15, 0.2) is 0 Å². The van der Waals surface area contributed by atoms with Crippen LogP contribution >= 0.6 is 27.5 Å². The van der Waals surface area contributed by atoms with Gasteiger partial charge in [0.1, 0.15) is 5.82 Å². The summed E-state index contributed by atoms with van der Waals surface area (Å²) in [6, 6.07) is 14.6. The van der Waals surface area contributed by atoms with E-state index < -0.39 is 0 Å². The number of carbonyl (C=O) groups is 1. The van der Waals surface area contributed by atoms with Crippen LogP contribution < -0.4 is 5.32 Å². The van der Waals surface area contributed by atoms with Gasteiger partial charge in [-0.15, -0.1) is 0 Å². The third-order valence-electron chi connectivity index (χ3n) is 3.58. The highest BCUT2D eigenvalue weighted by atomic mass is 79.9. The molecule has 0 saturated heterocycles. The lowest BCUT2D eigenvalue weighted by atomic mass is 10.2. The van der Waals surface area contributed by atoms with Crippen molar-refractivity contribution in [2.24, 2.45) is 0 Å². The Morgan fingerprint density at radius 1 is 1.21 bits per heavy atom. The van der Waals surface area contributed by atoms with Crippen LogP contribution in [-0.2, 0) is 13.1 Å². The minimum Gasteiger partial charge on any atom is -0.345 e. The van der Waals surface area contributed by atoms with Crippen molar-refractivity contribution in [3.8, 4) is 0 Å². The van der Waals surface area contributed by atoms with E-state index in [1.165, 1.54) is 0 Å². The Morgan fingerprint density at radius 2 is 1.92 bits per heavy atom. The van der Waals surface area contributed by atoms with E-state index in [0.717, 1.165) is 21.3 Å². The lowest BCUT2D eigenvalue weighted by Gasteiger charge is -2.09. The first kappa shape index (κ1) is 16.7. The lowest BCUT2D eigenvalue weighted by molar-refractivity contribution is 0.0949. The van der Waals surface area contributed by atoms with Crippen LogP contribution in [0, 0.1) is 0 Å². The van der Waals surface area contributed by atoms with E-state index in [1.54, 1.807) is 24.3 Å². The molecule has 1 heterocycles. The number of imidazole rings is 1. The molecule has 0 radical (unpaired) electrons. The molecule has 1 N–H and O–H groups in total. The topological polar surface area (TPSA) is 46.9 Å². The molecule has 0 aliphatic carbocycles. The van der Waals surface area contributed by atoms with E-state index in [-0.39, 0.29) is 5.91 Å². The Balaban J connectivity index is 1.82. The first-order valence-electron chi connectivity index (χ1n) is 7.36. The number of halogens is 2. The van der Waals surface area contributed by atoms with Crippen LogP contribution in [0.1, 0.15) is 16.2 Å². The van der Waals surface area contributed by atoms with Crippen molar-refractivity contribution < 1.29 is 4.79 Å². The van der Waals surface area contributed by atoms with Crippen LogP contribution in [0.2, 0.25) is 5.02 Å². The van der Waals surface area contributed by atoms with E-state index in [4.69, 9.17) is 11.6 Å². The zero-order chi connectivity index (χ0) is 17.1. The molecule has 2 aromatic carbocycles.